The van der Waals surface area contributed by atoms with Crippen LogP contribution in [0.1, 0.15) is 43.4 Å². The second kappa shape index (κ2) is 9.77. The summed E-state index contributed by atoms with van der Waals surface area (Å²) in [6, 6.07) is 25.2. The Morgan fingerprint density at radius 3 is 2.49 bits per heavy atom. The van der Waals surface area contributed by atoms with Crippen molar-refractivity contribution in [2.75, 3.05) is 12.4 Å². The SMILES string of the molecule is COc1ccccc1C(=O)[C@@H]1[C@H](C(=O)c2cccc([N+](=O)[O-])c2)[C@@]2(C(=O)Nc3ccccc32)[C@H]2c3ccccc3C=CN12. The first-order valence-corrected chi connectivity index (χ1v) is 13.8. The fourth-order valence-electron chi connectivity index (χ4n) is 7.13. The van der Waals surface area contributed by atoms with Crippen molar-refractivity contribution in [3.63, 3.8) is 0 Å². The van der Waals surface area contributed by atoms with Gasteiger partial charge in [0.15, 0.2) is 11.6 Å². The molecule has 4 atom stereocenters. The molecule has 0 saturated carbocycles. The van der Waals surface area contributed by atoms with Gasteiger partial charge in [-0.2, -0.15) is 0 Å². The van der Waals surface area contributed by atoms with Gasteiger partial charge in [0.2, 0.25) is 5.91 Å². The van der Waals surface area contributed by atoms with Crippen LogP contribution >= 0.6 is 0 Å². The van der Waals surface area contributed by atoms with Gasteiger partial charge in [-0.25, -0.2) is 0 Å². The number of nitro benzene ring substituents is 1. The van der Waals surface area contributed by atoms with E-state index in [9.17, 15) is 24.5 Å². The standard InChI is InChI=1S/C34H25N3O6/c1-43-27-16-7-4-13-24(27)31(39)29-28(30(38)21-10-8-11-22(19-21)37(41)42)34(25-14-5-6-15-26(25)35-33(34)40)32-23-12-3-2-9-20(23)17-18-36(29)32/h2-19,28-29,32H,1H3,(H,35,40)/t28-,29+,32-,34-/m1/s1. The molecule has 4 aromatic carbocycles. The maximum absolute atomic E-state index is 14.9. The number of ketones is 2. The molecule has 0 bridgehead atoms. The molecule has 3 aliphatic rings. The van der Waals surface area contributed by atoms with Crippen LogP contribution in [0.3, 0.4) is 0 Å². The minimum Gasteiger partial charge on any atom is -0.496 e. The highest BCUT2D eigenvalue weighted by molar-refractivity contribution is 6.17. The Kier molecular flexibility index (Phi) is 5.98. The van der Waals surface area contributed by atoms with E-state index in [0.717, 1.165) is 11.1 Å². The molecular weight excluding hydrogens is 546 g/mol. The molecule has 4 aromatic rings. The number of anilines is 1. The van der Waals surface area contributed by atoms with Crippen LogP contribution in [0.15, 0.2) is 103 Å². The maximum atomic E-state index is 14.9. The monoisotopic (exact) mass is 571 g/mol. The summed E-state index contributed by atoms with van der Waals surface area (Å²) < 4.78 is 5.54. The predicted molar refractivity (Wildman–Crippen MR) is 159 cm³/mol. The number of carbonyl (C=O) groups is 3. The van der Waals surface area contributed by atoms with Crippen LogP contribution in [0.5, 0.6) is 5.75 Å². The van der Waals surface area contributed by atoms with Gasteiger partial charge < -0.3 is 15.0 Å². The summed E-state index contributed by atoms with van der Waals surface area (Å²) in [6.07, 6.45) is 3.66. The molecule has 9 heteroatoms. The highest BCUT2D eigenvalue weighted by Gasteiger charge is 2.70. The summed E-state index contributed by atoms with van der Waals surface area (Å²) in [7, 11) is 1.47. The van der Waals surface area contributed by atoms with Crippen molar-refractivity contribution in [1.29, 1.82) is 0 Å². The van der Waals surface area contributed by atoms with E-state index in [0.29, 0.717) is 17.0 Å². The number of amides is 1. The zero-order chi connectivity index (χ0) is 29.9. The number of nitrogens with one attached hydrogen (secondary N) is 1. The van der Waals surface area contributed by atoms with E-state index >= 15 is 0 Å². The van der Waals surface area contributed by atoms with Crippen molar-refractivity contribution in [3.8, 4) is 5.75 Å². The largest absolute Gasteiger partial charge is 0.496 e. The van der Waals surface area contributed by atoms with E-state index in [1.54, 1.807) is 48.7 Å². The number of ether oxygens (including phenoxy) is 1. The Morgan fingerprint density at radius 1 is 0.930 bits per heavy atom. The molecular formula is C34H25N3O6. The number of methoxy groups -OCH3 is 1. The lowest BCUT2D eigenvalue weighted by Crippen LogP contribution is -2.49. The average Bonchev–Trinajstić information content (AvgIpc) is 3.52. The number of nitrogens with zero attached hydrogens (tertiary/aromatic N) is 2. The summed E-state index contributed by atoms with van der Waals surface area (Å²) in [5.41, 5.74) is 1.33. The van der Waals surface area contributed by atoms with Crippen molar-refractivity contribution >= 4 is 34.9 Å². The summed E-state index contributed by atoms with van der Waals surface area (Å²) in [5.74, 6) is -2.26. The van der Waals surface area contributed by atoms with E-state index in [1.165, 1.54) is 31.4 Å². The Balaban J connectivity index is 1.54. The number of non-ortho nitro benzene ring substituents is 1. The number of hydrogen-bond acceptors (Lipinski definition) is 7. The molecule has 1 spiro atoms. The zero-order valence-electron chi connectivity index (χ0n) is 23.0. The van der Waals surface area contributed by atoms with Crippen molar-refractivity contribution < 1.29 is 24.0 Å². The van der Waals surface area contributed by atoms with Crippen molar-refractivity contribution in [3.05, 3.63) is 141 Å². The number of Topliss-reactive ketones (excluding diaryl/α,β-unsaturated/α-hetero) is 2. The van der Waals surface area contributed by atoms with Gasteiger partial charge in [0.25, 0.3) is 5.69 Å². The topological polar surface area (TPSA) is 119 Å². The fourth-order valence-corrected chi connectivity index (χ4v) is 7.13. The molecule has 7 rings (SSSR count). The summed E-state index contributed by atoms with van der Waals surface area (Å²) in [6.45, 7) is 0. The lowest BCUT2D eigenvalue weighted by Gasteiger charge is -2.38. The molecule has 9 nitrogen and oxygen atoms in total. The average molecular weight is 572 g/mol. The van der Waals surface area contributed by atoms with Crippen LogP contribution in [0.25, 0.3) is 6.08 Å². The van der Waals surface area contributed by atoms with E-state index in [1.807, 2.05) is 41.3 Å². The molecule has 3 aliphatic heterocycles. The third-order valence-electron chi connectivity index (χ3n) is 8.84. The lowest BCUT2D eigenvalue weighted by molar-refractivity contribution is -0.384. The molecule has 43 heavy (non-hydrogen) atoms. The number of nitro groups is 1. The first-order valence-electron chi connectivity index (χ1n) is 13.8. The predicted octanol–water partition coefficient (Wildman–Crippen LogP) is 5.59. The molecule has 0 unspecified atom stereocenters. The number of benzene rings is 4. The van der Waals surface area contributed by atoms with Gasteiger partial charge in [0.05, 0.1) is 29.6 Å². The van der Waals surface area contributed by atoms with Gasteiger partial charge in [-0.1, -0.05) is 66.7 Å². The van der Waals surface area contributed by atoms with Gasteiger partial charge >= 0.3 is 0 Å². The van der Waals surface area contributed by atoms with Crippen LogP contribution in [0.4, 0.5) is 11.4 Å². The molecule has 0 aromatic heterocycles. The molecule has 1 N–H and O–H groups in total. The van der Waals surface area contributed by atoms with E-state index < -0.39 is 45.8 Å². The quantitative estimate of drug-likeness (QED) is 0.182. The fraction of sp³-hybridized carbons (Fsp3) is 0.147. The molecule has 0 aliphatic carbocycles. The van der Waals surface area contributed by atoms with Gasteiger partial charge in [-0.15, -0.1) is 0 Å². The van der Waals surface area contributed by atoms with Gasteiger partial charge in [0, 0.05) is 29.6 Å². The number of fused-ring (bicyclic) bond motifs is 6. The second-order valence-electron chi connectivity index (χ2n) is 10.8. The smallest absolute Gasteiger partial charge is 0.270 e. The summed E-state index contributed by atoms with van der Waals surface area (Å²) >= 11 is 0. The van der Waals surface area contributed by atoms with E-state index in [2.05, 4.69) is 5.32 Å². The number of para-hydroxylation sites is 2. The lowest BCUT2D eigenvalue weighted by atomic mass is 9.62. The molecule has 1 fully saturated rings. The maximum Gasteiger partial charge on any atom is 0.270 e. The van der Waals surface area contributed by atoms with Crippen LogP contribution in [0.2, 0.25) is 0 Å². The Hall–Kier alpha value is -5.57. The highest BCUT2D eigenvalue weighted by Crippen LogP contribution is 2.62. The third kappa shape index (κ3) is 3.67. The molecule has 0 radical (unpaired) electrons. The first kappa shape index (κ1) is 26.3. The van der Waals surface area contributed by atoms with Crippen LogP contribution < -0.4 is 10.1 Å². The Bertz CT molecular complexity index is 1880. The third-order valence-corrected chi connectivity index (χ3v) is 8.84. The molecule has 1 amide bonds. The van der Waals surface area contributed by atoms with Crippen LogP contribution in [-0.4, -0.2) is 40.4 Å². The zero-order valence-corrected chi connectivity index (χ0v) is 23.0. The number of hydrogen-bond donors (Lipinski definition) is 1. The molecule has 3 heterocycles. The van der Waals surface area contributed by atoms with Gasteiger partial charge in [-0.3, -0.25) is 24.5 Å². The van der Waals surface area contributed by atoms with Crippen LogP contribution in [-0.2, 0) is 10.2 Å². The Labute approximate surface area is 246 Å². The van der Waals surface area contributed by atoms with Gasteiger partial charge in [-0.05, 0) is 41.0 Å². The minimum atomic E-state index is -1.54. The highest BCUT2D eigenvalue weighted by atomic mass is 16.6. The van der Waals surface area contributed by atoms with E-state index in [-0.39, 0.29) is 16.8 Å². The van der Waals surface area contributed by atoms with E-state index in [4.69, 9.17) is 4.74 Å². The Morgan fingerprint density at radius 2 is 1.67 bits per heavy atom. The molecule has 1 saturated heterocycles. The van der Waals surface area contributed by atoms with Crippen molar-refractivity contribution in [2.45, 2.75) is 17.5 Å². The van der Waals surface area contributed by atoms with Crippen LogP contribution in [0, 0.1) is 16.0 Å². The van der Waals surface area contributed by atoms with Gasteiger partial charge in [0.1, 0.15) is 17.2 Å². The minimum absolute atomic E-state index is 0.0469. The number of carbonyl (C=O) groups excluding carboxylic acids is 3. The summed E-state index contributed by atoms with van der Waals surface area (Å²) in [5, 5.41) is 14.7. The first-order chi connectivity index (χ1) is 20.9. The van der Waals surface area contributed by atoms with Crippen molar-refractivity contribution in [1.82, 2.24) is 4.90 Å². The second-order valence-corrected chi connectivity index (χ2v) is 10.8. The summed E-state index contributed by atoms with van der Waals surface area (Å²) in [4.78, 5) is 57.0. The normalized spacial score (nSPS) is 22.9. The molecule has 212 valence electrons. The van der Waals surface area contributed by atoms with Crippen molar-refractivity contribution in [2.24, 2.45) is 5.92 Å². The number of rotatable bonds is 6.